The number of rotatable bonds is 5. The lowest BCUT2D eigenvalue weighted by molar-refractivity contribution is 0.0827. The fourth-order valence-corrected chi connectivity index (χ4v) is 4.14. The van der Waals surface area contributed by atoms with Crippen LogP contribution in [0.1, 0.15) is 36.7 Å². The molecule has 0 bridgehead atoms. The SMILES string of the molecule is CCNC(=NCCc1cccc(C(=O)N(C)C)c1)N1CCSC(C)(C)C1. The summed E-state index contributed by atoms with van der Waals surface area (Å²) in [6, 6.07) is 7.86. The maximum atomic E-state index is 12.1. The van der Waals surface area contributed by atoms with E-state index in [4.69, 9.17) is 4.99 Å². The zero-order valence-corrected chi connectivity index (χ0v) is 17.5. The van der Waals surface area contributed by atoms with Crippen LogP contribution in [-0.2, 0) is 6.42 Å². The molecule has 0 atom stereocenters. The van der Waals surface area contributed by atoms with Gasteiger partial charge in [0.05, 0.1) is 0 Å². The van der Waals surface area contributed by atoms with E-state index in [9.17, 15) is 4.79 Å². The van der Waals surface area contributed by atoms with E-state index in [0.29, 0.717) is 6.54 Å². The van der Waals surface area contributed by atoms with Gasteiger partial charge in [0.25, 0.3) is 5.91 Å². The maximum Gasteiger partial charge on any atom is 0.253 e. The molecule has 1 N–H and O–H groups in total. The van der Waals surface area contributed by atoms with Crippen molar-refractivity contribution in [3.8, 4) is 0 Å². The third kappa shape index (κ3) is 5.94. The fraction of sp³-hybridized carbons (Fsp3) is 0.600. The van der Waals surface area contributed by atoms with E-state index in [0.717, 1.165) is 48.9 Å². The van der Waals surface area contributed by atoms with Crippen LogP contribution in [0.2, 0.25) is 0 Å². The highest BCUT2D eigenvalue weighted by molar-refractivity contribution is 8.00. The summed E-state index contributed by atoms with van der Waals surface area (Å²) in [4.78, 5) is 20.9. The molecule has 1 saturated heterocycles. The van der Waals surface area contributed by atoms with Gasteiger partial charge in [-0.1, -0.05) is 12.1 Å². The van der Waals surface area contributed by atoms with Crippen molar-refractivity contribution in [1.29, 1.82) is 0 Å². The molecule has 1 aliphatic heterocycles. The number of hydrogen-bond acceptors (Lipinski definition) is 3. The van der Waals surface area contributed by atoms with E-state index < -0.39 is 0 Å². The van der Waals surface area contributed by atoms with Gasteiger partial charge in [0.1, 0.15) is 0 Å². The van der Waals surface area contributed by atoms with Crippen LogP contribution < -0.4 is 5.32 Å². The summed E-state index contributed by atoms with van der Waals surface area (Å²) in [6.45, 7) is 10.3. The van der Waals surface area contributed by atoms with Crippen molar-refractivity contribution in [2.75, 3.05) is 46.0 Å². The first-order chi connectivity index (χ1) is 12.3. The molecule has 0 aliphatic carbocycles. The average molecular weight is 377 g/mol. The molecule has 1 amide bonds. The average Bonchev–Trinajstić information content (AvgIpc) is 2.59. The van der Waals surface area contributed by atoms with E-state index in [1.54, 1.807) is 19.0 Å². The number of guanidine groups is 1. The lowest BCUT2D eigenvalue weighted by Crippen LogP contribution is -2.51. The van der Waals surface area contributed by atoms with Crippen molar-refractivity contribution in [3.63, 3.8) is 0 Å². The number of nitrogens with one attached hydrogen (secondary N) is 1. The Hall–Kier alpha value is -1.69. The van der Waals surface area contributed by atoms with Gasteiger partial charge in [-0.2, -0.15) is 11.8 Å². The molecular formula is C20H32N4OS. The van der Waals surface area contributed by atoms with Crippen molar-refractivity contribution >= 4 is 23.6 Å². The third-order valence-corrected chi connectivity index (χ3v) is 5.60. The Balaban J connectivity index is 2.02. The Labute approximate surface area is 162 Å². The van der Waals surface area contributed by atoms with Gasteiger partial charge in [0.15, 0.2) is 5.96 Å². The highest BCUT2D eigenvalue weighted by atomic mass is 32.2. The van der Waals surface area contributed by atoms with Crippen LogP contribution in [-0.4, -0.2) is 72.4 Å². The number of carbonyl (C=O) groups is 1. The molecule has 144 valence electrons. The first kappa shape index (κ1) is 20.6. The number of carbonyl (C=O) groups excluding carboxylic acids is 1. The summed E-state index contributed by atoms with van der Waals surface area (Å²) >= 11 is 2.03. The van der Waals surface area contributed by atoms with E-state index in [2.05, 4.69) is 37.1 Å². The van der Waals surface area contributed by atoms with Gasteiger partial charge in [0.2, 0.25) is 0 Å². The number of hydrogen-bond donors (Lipinski definition) is 1. The number of aliphatic imine (C=N–C) groups is 1. The molecule has 1 aromatic rings. The fourth-order valence-electron chi connectivity index (χ4n) is 3.03. The van der Waals surface area contributed by atoms with Crippen LogP contribution >= 0.6 is 11.8 Å². The minimum atomic E-state index is 0.0386. The second-order valence-electron chi connectivity index (χ2n) is 7.42. The summed E-state index contributed by atoms with van der Waals surface area (Å²) in [5, 5.41) is 3.43. The van der Waals surface area contributed by atoms with E-state index in [1.807, 2.05) is 30.0 Å². The van der Waals surface area contributed by atoms with Crippen LogP contribution in [0, 0.1) is 0 Å². The molecular weight excluding hydrogens is 344 g/mol. The van der Waals surface area contributed by atoms with Crippen LogP contribution in [0.25, 0.3) is 0 Å². The number of benzene rings is 1. The van der Waals surface area contributed by atoms with Gasteiger partial charge in [-0.3, -0.25) is 9.79 Å². The van der Waals surface area contributed by atoms with Crippen molar-refractivity contribution in [1.82, 2.24) is 15.1 Å². The Kier molecular flexibility index (Phi) is 7.38. The molecule has 6 heteroatoms. The van der Waals surface area contributed by atoms with E-state index in [1.165, 1.54) is 0 Å². The zero-order valence-electron chi connectivity index (χ0n) is 16.7. The molecule has 2 rings (SSSR count). The van der Waals surface area contributed by atoms with E-state index >= 15 is 0 Å². The molecule has 5 nitrogen and oxygen atoms in total. The highest BCUT2D eigenvalue weighted by Crippen LogP contribution is 2.29. The second kappa shape index (κ2) is 9.31. The monoisotopic (exact) mass is 376 g/mol. The Morgan fingerprint density at radius 1 is 1.38 bits per heavy atom. The number of nitrogens with zero attached hydrogens (tertiary/aromatic N) is 3. The Morgan fingerprint density at radius 2 is 2.15 bits per heavy atom. The summed E-state index contributed by atoms with van der Waals surface area (Å²) in [6.07, 6.45) is 0.829. The Bertz CT molecular complexity index is 642. The van der Waals surface area contributed by atoms with Gasteiger partial charge < -0.3 is 15.1 Å². The molecule has 0 radical (unpaired) electrons. The normalized spacial score (nSPS) is 17.1. The van der Waals surface area contributed by atoms with Crippen molar-refractivity contribution in [3.05, 3.63) is 35.4 Å². The van der Waals surface area contributed by atoms with E-state index in [-0.39, 0.29) is 10.7 Å². The largest absolute Gasteiger partial charge is 0.357 e. The molecule has 1 heterocycles. The lowest BCUT2D eigenvalue weighted by atomic mass is 10.1. The maximum absolute atomic E-state index is 12.1. The van der Waals surface area contributed by atoms with Crippen molar-refractivity contribution in [2.45, 2.75) is 31.9 Å². The standard InChI is InChI=1S/C20H32N4OS/c1-6-21-19(24-12-13-26-20(2,3)15-24)22-11-10-16-8-7-9-17(14-16)18(25)23(4)5/h7-9,14H,6,10-13,15H2,1-5H3,(H,21,22). The highest BCUT2D eigenvalue weighted by Gasteiger charge is 2.28. The summed E-state index contributed by atoms with van der Waals surface area (Å²) < 4.78 is 0.259. The molecule has 1 aliphatic rings. The predicted octanol–water partition coefficient (Wildman–Crippen LogP) is 2.72. The van der Waals surface area contributed by atoms with Gasteiger partial charge in [-0.05, 0) is 44.9 Å². The molecule has 1 fully saturated rings. The van der Waals surface area contributed by atoms with Gasteiger partial charge in [0, 0.05) is 56.3 Å². The van der Waals surface area contributed by atoms with Crippen LogP contribution in [0.5, 0.6) is 0 Å². The summed E-state index contributed by atoms with van der Waals surface area (Å²) in [7, 11) is 3.56. The molecule has 1 aromatic carbocycles. The second-order valence-corrected chi connectivity index (χ2v) is 9.22. The lowest BCUT2D eigenvalue weighted by Gasteiger charge is -2.39. The molecule has 26 heavy (non-hydrogen) atoms. The number of amides is 1. The minimum absolute atomic E-state index is 0.0386. The first-order valence-corrected chi connectivity index (χ1v) is 10.3. The molecule has 0 unspecified atom stereocenters. The molecule has 0 aromatic heterocycles. The summed E-state index contributed by atoms with van der Waals surface area (Å²) in [5.41, 5.74) is 1.88. The van der Waals surface area contributed by atoms with Gasteiger partial charge >= 0.3 is 0 Å². The molecule has 0 spiro atoms. The smallest absolute Gasteiger partial charge is 0.253 e. The summed E-state index contributed by atoms with van der Waals surface area (Å²) in [5.74, 6) is 2.17. The van der Waals surface area contributed by atoms with Gasteiger partial charge in [-0.25, -0.2) is 0 Å². The minimum Gasteiger partial charge on any atom is -0.357 e. The third-order valence-electron chi connectivity index (χ3n) is 4.30. The first-order valence-electron chi connectivity index (χ1n) is 9.30. The van der Waals surface area contributed by atoms with Crippen molar-refractivity contribution in [2.24, 2.45) is 4.99 Å². The zero-order chi connectivity index (χ0) is 19.2. The van der Waals surface area contributed by atoms with Crippen LogP contribution in [0.3, 0.4) is 0 Å². The predicted molar refractivity (Wildman–Crippen MR) is 112 cm³/mol. The topological polar surface area (TPSA) is 47.9 Å². The quantitative estimate of drug-likeness (QED) is 0.634. The Morgan fingerprint density at radius 3 is 2.81 bits per heavy atom. The van der Waals surface area contributed by atoms with Gasteiger partial charge in [-0.15, -0.1) is 0 Å². The van der Waals surface area contributed by atoms with Crippen molar-refractivity contribution < 1.29 is 4.79 Å². The number of thioether (sulfide) groups is 1. The molecule has 0 saturated carbocycles. The van der Waals surface area contributed by atoms with Crippen LogP contribution in [0.15, 0.2) is 29.3 Å². The van der Waals surface area contributed by atoms with Crippen LogP contribution in [0.4, 0.5) is 0 Å².